The largest absolute Gasteiger partial charge is 0.384 e. The van der Waals surface area contributed by atoms with Gasteiger partial charge in [0.1, 0.15) is 6.61 Å². The number of morpholine rings is 1. The molecule has 1 N–H and O–H groups in total. The number of ether oxygens (including phenoxy) is 1. The molecule has 2 unspecified atom stereocenters. The lowest BCUT2D eigenvalue weighted by atomic mass is 10.1. The van der Waals surface area contributed by atoms with Crippen LogP contribution in [0.4, 0.5) is 0 Å². The van der Waals surface area contributed by atoms with Crippen LogP contribution in [0, 0.1) is 11.8 Å². The first kappa shape index (κ1) is 14.6. The predicted octanol–water partition coefficient (Wildman–Crippen LogP) is 1.28. The van der Waals surface area contributed by atoms with E-state index in [9.17, 15) is 4.79 Å². The van der Waals surface area contributed by atoms with Gasteiger partial charge in [-0.2, -0.15) is 0 Å². The highest BCUT2D eigenvalue weighted by molar-refractivity contribution is 5.94. The zero-order chi connectivity index (χ0) is 14.5. The Morgan fingerprint density at radius 2 is 2.10 bits per heavy atom. The van der Waals surface area contributed by atoms with Gasteiger partial charge in [0.2, 0.25) is 0 Å². The van der Waals surface area contributed by atoms with Crippen molar-refractivity contribution in [1.82, 2.24) is 4.90 Å². The van der Waals surface area contributed by atoms with Gasteiger partial charge in [-0.1, -0.05) is 11.8 Å². The first-order chi connectivity index (χ1) is 9.61. The summed E-state index contributed by atoms with van der Waals surface area (Å²) >= 11 is 0. The third-order valence-corrected chi connectivity index (χ3v) is 3.31. The molecule has 106 valence electrons. The molecular formula is C16H19NO3. The van der Waals surface area contributed by atoms with Crippen LogP contribution in [0.15, 0.2) is 24.3 Å². The zero-order valence-corrected chi connectivity index (χ0v) is 11.8. The molecule has 0 aliphatic carbocycles. The molecule has 20 heavy (non-hydrogen) atoms. The quantitative estimate of drug-likeness (QED) is 0.784. The molecule has 1 aromatic carbocycles. The van der Waals surface area contributed by atoms with Gasteiger partial charge in [-0.25, -0.2) is 0 Å². The first-order valence-electron chi connectivity index (χ1n) is 6.74. The van der Waals surface area contributed by atoms with Crippen LogP contribution in [0.1, 0.15) is 29.8 Å². The van der Waals surface area contributed by atoms with Gasteiger partial charge in [-0.15, -0.1) is 0 Å². The van der Waals surface area contributed by atoms with Crippen molar-refractivity contribution in [2.75, 3.05) is 19.8 Å². The zero-order valence-electron chi connectivity index (χ0n) is 11.8. The van der Waals surface area contributed by atoms with Crippen LogP contribution in [0.25, 0.3) is 0 Å². The summed E-state index contributed by atoms with van der Waals surface area (Å²) in [4.78, 5) is 14.3. The average Bonchev–Trinajstić information content (AvgIpc) is 2.47. The Bertz CT molecular complexity index is 527. The molecule has 1 aromatic rings. The van der Waals surface area contributed by atoms with Crippen LogP contribution >= 0.6 is 0 Å². The van der Waals surface area contributed by atoms with Crippen LogP contribution in [0.2, 0.25) is 0 Å². The third-order valence-electron chi connectivity index (χ3n) is 3.31. The molecule has 1 heterocycles. The molecule has 1 amide bonds. The number of hydrogen-bond donors (Lipinski definition) is 1. The minimum atomic E-state index is -0.163. The number of amides is 1. The van der Waals surface area contributed by atoms with E-state index in [-0.39, 0.29) is 24.7 Å². The maximum Gasteiger partial charge on any atom is 0.254 e. The number of carbonyl (C=O) groups excluding carboxylic acids is 1. The number of rotatable bonds is 1. The number of aliphatic hydroxyl groups is 1. The van der Waals surface area contributed by atoms with Gasteiger partial charge in [0, 0.05) is 17.7 Å². The Balaban J connectivity index is 2.12. The van der Waals surface area contributed by atoms with E-state index in [4.69, 9.17) is 9.84 Å². The highest BCUT2D eigenvalue weighted by Gasteiger charge is 2.28. The van der Waals surface area contributed by atoms with Gasteiger partial charge in [-0.05, 0) is 38.1 Å². The van der Waals surface area contributed by atoms with Gasteiger partial charge in [0.05, 0.1) is 18.8 Å². The van der Waals surface area contributed by atoms with Crippen molar-refractivity contribution in [3.05, 3.63) is 35.4 Å². The summed E-state index contributed by atoms with van der Waals surface area (Å²) < 4.78 is 5.53. The number of carbonyl (C=O) groups is 1. The molecule has 2 rings (SSSR count). The van der Waals surface area contributed by atoms with Crippen molar-refractivity contribution in [3.63, 3.8) is 0 Å². The lowest BCUT2D eigenvalue weighted by Crippen LogP contribution is -2.50. The standard InChI is InChI=1S/C16H19NO3/c1-12-11-20-13(2)10-17(12)16(19)15-7-5-14(6-8-15)4-3-9-18/h5-8,12-13,18H,9-11H2,1-2H3. The number of hydrogen-bond acceptors (Lipinski definition) is 3. The number of nitrogens with zero attached hydrogens (tertiary/aromatic N) is 1. The minimum absolute atomic E-state index is 0.0225. The van der Waals surface area contributed by atoms with Gasteiger partial charge < -0.3 is 14.7 Å². The Morgan fingerprint density at radius 1 is 1.40 bits per heavy atom. The molecule has 1 aliphatic rings. The topological polar surface area (TPSA) is 49.8 Å². The van der Waals surface area contributed by atoms with E-state index in [0.717, 1.165) is 5.56 Å². The van der Waals surface area contributed by atoms with Crippen molar-refractivity contribution >= 4 is 5.91 Å². The summed E-state index contributed by atoms with van der Waals surface area (Å²) in [6.45, 7) is 4.99. The van der Waals surface area contributed by atoms with Gasteiger partial charge >= 0.3 is 0 Å². The highest BCUT2D eigenvalue weighted by atomic mass is 16.5. The van der Waals surface area contributed by atoms with Gasteiger partial charge in [-0.3, -0.25) is 4.79 Å². The molecule has 0 aromatic heterocycles. The van der Waals surface area contributed by atoms with Crippen LogP contribution in [0.5, 0.6) is 0 Å². The van der Waals surface area contributed by atoms with E-state index in [1.54, 1.807) is 24.3 Å². The first-order valence-corrected chi connectivity index (χ1v) is 6.74. The Morgan fingerprint density at radius 3 is 2.75 bits per heavy atom. The summed E-state index contributed by atoms with van der Waals surface area (Å²) in [5, 5.41) is 8.65. The molecule has 1 fully saturated rings. The fourth-order valence-electron chi connectivity index (χ4n) is 2.19. The number of aliphatic hydroxyl groups excluding tert-OH is 1. The van der Waals surface area contributed by atoms with Crippen LogP contribution in [-0.4, -0.2) is 47.8 Å². The highest BCUT2D eigenvalue weighted by Crippen LogP contribution is 2.15. The lowest BCUT2D eigenvalue weighted by molar-refractivity contribution is -0.0387. The van der Waals surface area contributed by atoms with Crippen molar-refractivity contribution in [2.45, 2.75) is 26.0 Å². The second-order valence-electron chi connectivity index (χ2n) is 4.99. The summed E-state index contributed by atoms with van der Waals surface area (Å²) in [6, 6.07) is 7.23. The Kier molecular flexibility index (Phi) is 4.78. The second kappa shape index (κ2) is 6.56. The molecule has 0 bridgehead atoms. The Hall–Kier alpha value is -1.83. The molecule has 0 radical (unpaired) electrons. The van der Waals surface area contributed by atoms with Crippen LogP contribution in [0.3, 0.4) is 0 Å². The van der Waals surface area contributed by atoms with E-state index in [1.807, 2.05) is 18.7 Å². The van der Waals surface area contributed by atoms with E-state index in [1.165, 1.54) is 0 Å². The molecule has 4 heteroatoms. The molecule has 4 nitrogen and oxygen atoms in total. The van der Waals surface area contributed by atoms with E-state index < -0.39 is 0 Å². The lowest BCUT2D eigenvalue weighted by Gasteiger charge is -2.36. The fourth-order valence-corrected chi connectivity index (χ4v) is 2.19. The Labute approximate surface area is 119 Å². The van der Waals surface area contributed by atoms with Crippen molar-refractivity contribution in [3.8, 4) is 11.8 Å². The molecule has 2 atom stereocenters. The van der Waals surface area contributed by atoms with E-state index >= 15 is 0 Å². The van der Waals surface area contributed by atoms with Gasteiger partial charge in [0.25, 0.3) is 5.91 Å². The average molecular weight is 273 g/mol. The van der Waals surface area contributed by atoms with Crippen molar-refractivity contribution in [2.24, 2.45) is 0 Å². The van der Waals surface area contributed by atoms with Crippen molar-refractivity contribution in [1.29, 1.82) is 0 Å². The maximum absolute atomic E-state index is 12.5. The van der Waals surface area contributed by atoms with E-state index in [0.29, 0.717) is 18.7 Å². The van der Waals surface area contributed by atoms with Crippen LogP contribution in [-0.2, 0) is 4.74 Å². The van der Waals surface area contributed by atoms with E-state index in [2.05, 4.69) is 11.8 Å². The minimum Gasteiger partial charge on any atom is -0.384 e. The summed E-state index contributed by atoms with van der Waals surface area (Å²) in [6.07, 6.45) is 0.0739. The second-order valence-corrected chi connectivity index (χ2v) is 4.99. The molecule has 0 saturated carbocycles. The molecule has 1 aliphatic heterocycles. The fraction of sp³-hybridized carbons (Fsp3) is 0.438. The maximum atomic E-state index is 12.5. The monoisotopic (exact) mass is 273 g/mol. The van der Waals surface area contributed by atoms with Gasteiger partial charge in [0.15, 0.2) is 0 Å². The van der Waals surface area contributed by atoms with Crippen LogP contribution < -0.4 is 0 Å². The third kappa shape index (κ3) is 3.38. The molecule has 0 spiro atoms. The predicted molar refractivity (Wildman–Crippen MR) is 76.3 cm³/mol. The van der Waals surface area contributed by atoms with Crippen molar-refractivity contribution < 1.29 is 14.6 Å². The smallest absolute Gasteiger partial charge is 0.254 e. The summed E-state index contributed by atoms with van der Waals surface area (Å²) in [5.74, 6) is 5.42. The summed E-state index contributed by atoms with van der Waals surface area (Å²) in [7, 11) is 0. The number of benzene rings is 1. The molecular weight excluding hydrogens is 254 g/mol. The normalized spacial score (nSPS) is 22.1. The summed E-state index contributed by atoms with van der Waals surface area (Å²) in [5.41, 5.74) is 1.44. The molecule has 1 saturated heterocycles. The SMILES string of the molecule is CC1CN(C(=O)c2ccc(C#CCO)cc2)C(C)CO1.